The summed E-state index contributed by atoms with van der Waals surface area (Å²) in [5.74, 6) is 0. The normalized spacial score (nSPS) is 11.2. The maximum atomic E-state index is 10.1. The van der Waals surface area contributed by atoms with E-state index in [1.807, 2.05) is 43.3 Å². The van der Waals surface area contributed by atoms with Crippen LogP contribution in [0.1, 0.15) is 18.9 Å². The van der Waals surface area contributed by atoms with E-state index in [0.717, 1.165) is 11.9 Å². The third kappa shape index (κ3) is 2.35. The van der Waals surface area contributed by atoms with Gasteiger partial charge in [-0.3, -0.25) is 0 Å². The number of aldehydes is 1. The lowest BCUT2D eigenvalue weighted by Crippen LogP contribution is -1.78. The summed E-state index contributed by atoms with van der Waals surface area (Å²) in [7, 11) is 0. The Bertz CT molecular complexity index is 272. The van der Waals surface area contributed by atoms with Gasteiger partial charge in [-0.1, -0.05) is 36.4 Å². The van der Waals surface area contributed by atoms with Crippen LogP contribution in [0.4, 0.5) is 0 Å². The fourth-order valence-electron chi connectivity index (χ4n) is 1.04. The molecule has 0 heterocycles. The van der Waals surface area contributed by atoms with E-state index in [1.165, 1.54) is 5.56 Å². The number of hydrogen-bond acceptors (Lipinski definition) is 1. The quantitative estimate of drug-likeness (QED) is 0.621. The summed E-state index contributed by atoms with van der Waals surface area (Å²) in [5, 5.41) is 0. The molecule has 0 fully saturated rings. The van der Waals surface area contributed by atoms with Gasteiger partial charge in [-0.2, -0.15) is 0 Å². The van der Waals surface area contributed by atoms with Crippen molar-refractivity contribution in [3.8, 4) is 0 Å². The summed E-state index contributed by atoms with van der Waals surface area (Å²) in [4.78, 5) is 10.1. The molecule has 0 aromatic heterocycles. The molecule has 0 aliphatic heterocycles. The van der Waals surface area contributed by atoms with Crippen LogP contribution in [-0.2, 0) is 4.79 Å². The topological polar surface area (TPSA) is 17.1 Å². The Morgan fingerprint density at radius 2 is 2.00 bits per heavy atom. The van der Waals surface area contributed by atoms with Crippen molar-refractivity contribution < 1.29 is 4.79 Å². The monoisotopic (exact) mass is 160 g/mol. The largest absolute Gasteiger partial charge is 0.303 e. The van der Waals surface area contributed by atoms with Crippen LogP contribution in [0.25, 0.3) is 5.57 Å². The van der Waals surface area contributed by atoms with Crippen LogP contribution < -0.4 is 0 Å². The van der Waals surface area contributed by atoms with Gasteiger partial charge in [-0.25, -0.2) is 0 Å². The minimum absolute atomic E-state index is 0.501. The predicted molar refractivity (Wildman–Crippen MR) is 50.8 cm³/mol. The molecular formula is C11H12O. The number of carbonyl (C=O) groups is 1. The average Bonchev–Trinajstić information content (AvgIpc) is 2.15. The van der Waals surface area contributed by atoms with Gasteiger partial charge in [0.1, 0.15) is 6.29 Å². The molecule has 0 N–H and O–H groups in total. The predicted octanol–water partition coefficient (Wildman–Crippen LogP) is 2.68. The Morgan fingerprint density at radius 1 is 1.33 bits per heavy atom. The highest BCUT2D eigenvalue weighted by atomic mass is 16.1. The fraction of sp³-hybridized carbons (Fsp3) is 0.182. The van der Waals surface area contributed by atoms with Crippen molar-refractivity contribution in [2.75, 3.05) is 0 Å². The molecule has 0 saturated carbocycles. The highest BCUT2D eigenvalue weighted by Crippen LogP contribution is 2.12. The van der Waals surface area contributed by atoms with E-state index in [1.54, 1.807) is 0 Å². The van der Waals surface area contributed by atoms with Gasteiger partial charge in [0.15, 0.2) is 0 Å². The van der Waals surface area contributed by atoms with Crippen LogP contribution in [0.3, 0.4) is 0 Å². The van der Waals surface area contributed by atoms with Crippen LogP contribution in [0, 0.1) is 0 Å². The smallest absolute Gasteiger partial charge is 0.123 e. The van der Waals surface area contributed by atoms with E-state index in [4.69, 9.17) is 0 Å². The molecule has 1 nitrogen and oxygen atoms in total. The Balaban J connectivity index is 2.77. The highest BCUT2D eigenvalue weighted by molar-refractivity contribution is 5.66. The molecule has 0 aliphatic carbocycles. The molecule has 0 bridgehead atoms. The molecule has 62 valence electrons. The van der Waals surface area contributed by atoms with Gasteiger partial charge in [0.2, 0.25) is 0 Å². The summed E-state index contributed by atoms with van der Waals surface area (Å²) in [6, 6.07) is 10.0. The average molecular weight is 160 g/mol. The van der Waals surface area contributed by atoms with Crippen LogP contribution in [0.5, 0.6) is 0 Å². The Hall–Kier alpha value is -1.37. The maximum absolute atomic E-state index is 10.1. The lowest BCUT2D eigenvalue weighted by Gasteiger charge is -1.98. The Kier molecular flexibility index (Phi) is 3.27. The summed E-state index contributed by atoms with van der Waals surface area (Å²) < 4.78 is 0. The summed E-state index contributed by atoms with van der Waals surface area (Å²) in [5.41, 5.74) is 2.34. The zero-order chi connectivity index (χ0) is 8.81. The lowest BCUT2D eigenvalue weighted by molar-refractivity contribution is -0.107. The van der Waals surface area contributed by atoms with Crippen LogP contribution in [-0.4, -0.2) is 6.29 Å². The second kappa shape index (κ2) is 4.50. The number of hydrogen-bond donors (Lipinski definition) is 0. The number of benzene rings is 1. The second-order valence-electron chi connectivity index (χ2n) is 2.66. The Labute approximate surface area is 72.7 Å². The summed E-state index contributed by atoms with van der Waals surface area (Å²) in [6.07, 6.45) is 3.34. The molecule has 0 aliphatic rings. The Morgan fingerprint density at radius 3 is 2.58 bits per heavy atom. The first-order valence-electron chi connectivity index (χ1n) is 4.00. The van der Waals surface area contributed by atoms with Crippen LogP contribution in [0.2, 0.25) is 0 Å². The van der Waals surface area contributed by atoms with Crippen molar-refractivity contribution in [2.24, 2.45) is 0 Å². The minimum Gasteiger partial charge on any atom is -0.303 e. The van der Waals surface area contributed by atoms with E-state index >= 15 is 0 Å². The van der Waals surface area contributed by atoms with Gasteiger partial charge in [-0.15, -0.1) is 0 Å². The van der Waals surface area contributed by atoms with Gasteiger partial charge in [0.25, 0.3) is 0 Å². The van der Waals surface area contributed by atoms with Crippen molar-refractivity contribution in [1.29, 1.82) is 0 Å². The van der Waals surface area contributed by atoms with Gasteiger partial charge in [0, 0.05) is 6.42 Å². The summed E-state index contributed by atoms with van der Waals surface area (Å²) in [6.45, 7) is 2.01. The first-order chi connectivity index (χ1) is 5.84. The maximum Gasteiger partial charge on any atom is 0.123 e. The van der Waals surface area contributed by atoms with Crippen LogP contribution in [0.15, 0.2) is 36.4 Å². The molecule has 1 heteroatoms. The fourth-order valence-corrected chi connectivity index (χ4v) is 1.04. The molecule has 0 atom stereocenters. The first kappa shape index (κ1) is 8.72. The van der Waals surface area contributed by atoms with Gasteiger partial charge >= 0.3 is 0 Å². The zero-order valence-corrected chi connectivity index (χ0v) is 7.16. The van der Waals surface area contributed by atoms with Crippen LogP contribution >= 0.6 is 0 Å². The van der Waals surface area contributed by atoms with Crippen molar-refractivity contribution in [2.45, 2.75) is 13.3 Å². The third-order valence-electron chi connectivity index (χ3n) is 1.75. The van der Waals surface area contributed by atoms with Crippen molar-refractivity contribution in [1.82, 2.24) is 0 Å². The SMILES string of the molecule is C/C(=C/CC=O)c1ccccc1. The molecule has 0 spiro atoms. The van der Waals surface area contributed by atoms with Crippen molar-refractivity contribution >= 4 is 11.9 Å². The van der Waals surface area contributed by atoms with E-state index in [2.05, 4.69) is 0 Å². The van der Waals surface area contributed by atoms with Crippen molar-refractivity contribution in [3.63, 3.8) is 0 Å². The number of rotatable bonds is 3. The first-order valence-corrected chi connectivity index (χ1v) is 4.00. The number of carbonyl (C=O) groups excluding carboxylic acids is 1. The molecule has 0 unspecified atom stereocenters. The number of allylic oxidation sites excluding steroid dienone is 2. The molecule has 0 radical (unpaired) electrons. The highest BCUT2D eigenvalue weighted by Gasteiger charge is 1.91. The standard InChI is InChI=1S/C11H12O/c1-10(6-5-9-12)11-7-3-2-4-8-11/h2-4,6-9H,5H2,1H3/b10-6-. The van der Waals surface area contributed by atoms with Gasteiger partial charge in [-0.05, 0) is 18.1 Å². The van der Waals surface area contributed by atoms with Crippen molar-refractivity contribution in [3.05, 3.63) is 42.0 Å². The van der Waals surface area contributed by atoms with E-state index in [0.29, 0.717) is 6.42 Å². The van der Waals surface area contributed by atoms with E-state index < -0.39 is 0 Å². The zero-order valence-electron chi connectivity index (χ0n) is 7.16. The summed E-state index contributed by atoms with van der Waals surface area (Å²) >= 11 is 0. The molecule has 1 aromatic rings. The van der Waals surface area contributed by atoms with Gasteiger partial charge in [0.05, 0.1) is 0 Å². The third-order valence-corrected chi connectivity index (χ3v) is 1.75. The molecular weight excluding hydrogens is 148 g/mol. The van der Waals surface area contributed by atoms with E-state index in [9.17, 15) is 4.79 Å². The molecule has 0 saturated heterocycles. The molecule has 1 aromatic carbocycles. The van der Waals surface area contributed by atoms with Gasteiger partial charge < -0.3 is 4.79 Å². The lowest BCUT2D eigenvalue weighted by atomic mass is 10.1. The molecule has 1 rings (SSSR count). The molecule has 12 heavy (non-hydrogen) atoms. The molecule has 0 amide bonds. The second-order valence-corrected chi connectivity index (χ2v) is 2.66. The van der Waals surface area contributed by atoms with E-state index in [-0.39, 0.29) is 0 Å². The minimum atomic E-state index is 0.501.